The Hall–Kier alpha value is -4.33. The van der Waals surface area contributed by atoms with Gasteiger partial charge in [-0.2, -0.15) is 10.1 Å². The lowest BCUT2D eigenvalue weighted by molar-refractivity contribution is 0.430. The highest BCUT2D eigenvalue weighted by Gasteiger charge is 2.17. The van der Waals surface area contributed by atoms with Crippen molar-refractivity contribution in [3.05, 3.63) is 82.3 Å². The summed E-state index contributed by atoms with van der Waals surface area (Å²) in [4.78, 5) is 20.7. The predicted octanol–water partition coefficient (Wildman–Crippen LogP) is 4.44. The summed E-state index contributed by atoms with van der Waals surface area (Å²) in [5, 5.41) is 11.8. The number of rotatable bonds is 4. The minimum absolute atomic E-state index is 0.205. The monoisotopic (exact) mass is 411 g/mol. The van der Waals surface area contributed by atoms with Crippen LogP contribution in [0.25, 0.3) is 33.7 Å². The molecule has 0 saturated carbocycles. The molecule has 0 aliphatic heterocycles. The van der Waals surface area contributed by atoms with E-state index in [0.29, 0.717) is 39.5 Å². The maximum absolute atomic E-state index is 12.0. The number of aromatic nitrogens is 5. The van der Waals surface area contributed by atoms with E-state index in [9.17, 15) is 4.79 Å². The molecule has 0 saturated heterocycles. The summed E-state index contributed by atoms with van der Waals surface area (Å²) in [6.45, 7) is 4.08. The molecule has 152 valence electrons. The van der Waals surface area contributed by atoms with Crippen molar-refractivity contribution in [2.24, 2.45) is 0 Å². The number of H-pyrrole nitrogens is 1. The van der Waals surface area contributed by atoms with Gasteiger partial charge in [-0.25, -0.2) is 10.1 Å². The van der Waals surface area contributed by atoms with Gasteiger partial charge in [-0.1, -0.05) is 29.4 Å². The Kier molecular flexibility index (Phi) is 4.51. The first-order chi connectivity index (χ1) is 15.1. The van der Waals surface area contributed by atoms with Gasteiger partial charge in [0, 0.05) is 23.2 Å². The van der Waals surface area contributed by atoms with Crippen molar-refractivity contribution in [1.29, 1.82) is 0 Å². The van der Waals surface area contributed by atoms with Gasteiger partial charge in [-0.3, -0.25) is 4.79 Å². The second-order valence-electron chi connectivity index (χ2n) is 7.10. The number of aryl methyl sites for hydroxylation is 2. The highest BCUT2D eigenvalue weighted by Crippen LogP contribution is 2.28. The Morgan fingerprint density at radius 1 is 0.968 bits per heavy atom. The molecule has 0 aliphatic rings. The Labute approximate surface area is 176 Å². The smallest absolute Gasteiger partial charge is 0.279 e. The zero-order valence-electron chi connectivity index (χ0n) is 16.8. The minimum Gasteiger partial charge on any atom is -0.439 e. The Balaban J connectivity index is 1.48. The number of pyridine rings is 1. The maximum Gasteiger partial charge on any atom is 0.279 e. The van der Waals surface area contributed by atoms with E-state index in [4.69, 9.17) is 9.26 Å². The van der Waals surface area contributed by atoms with Crippen LogP contribution in [0.15, 0.2) is 70.1 Å². The lowest BCUT2D eigenvalue weighted by Crippen LogP contribution is -2.09. The second-order valence-corrected chi connectivity index (χ2v) is 7.10. The molecule has 8 heteroatoms. The van der Waals surface area contributed by atoms with Crippen LogP contribution in [0.2, 0.25) is 0 Å². The van der Waals surface area contributed by atoms with Crippen LogP contribution in [0.5, 0.6) is 11.6 Å². The van der Waals surface area contributed by atoms with Crippen LogP contribution < -0.4 is 10.3 Å². The number of ether oxygens (including phenoxy) is 1. The van der Waals surface area contributed by atoms with E-state index in [1.165, 1.54) is 5.56 Å². The molecular formula is C23H17N5O3. The van der Waals surface area contributed by atoms with E-state index < -0.39 is 0 Å². The van der Waals surface area contributed by atoms with E-state index in [1.54, 1.807) is 36.5 Å². The summed E-state index contributed by atoms with van der Waals surface area (Å²) in [5.74, 6) is 1.68. The van der Waals surface area contributed by atoms with Crippen LogP contribution in [0, 0.1) is 13.8 Å². The predicted molar refractivity (Wildman–Crippen MR) is 115 cm³/mol. The molecule has 0 bridgehead atoms. The third-order valence-corrected chi connectivity index (χ3v) is 5.02. The number of hydrogen-bond acceptors (Lipinski definition) is 7. The molecule has 2 aromatic carbocycles. The van der Waals surface area contributed by atoms with Crippen LogP contribution in [0.1, 0.15) is 11.1 Å². The molecule has 5 rings (SSSR count). The van der Waals surface area contributed by atoms with Crippen molar-refractivity contribution in [3.63, 3.8) is 0 Å². The van der Waals surface area contributed by atoms with Crippen molar-refractivity contribution in [2.75, 3.05) is 0 Å². The van der Waals surface area contributed by atoms with Crippen molar-refractivity contribution in [1.82, 2.24) is 25.3 Å². The topological polar surface area (TPSA) is 107 Å². The molecule has 0 amide bonds. The van der Waals surface area contributed by atoms with Crippen LogP contribution in [0.3, 0.4) is 0 Å². The largest absolute Gasteiger partial charge is 0.439 e. The fraction of sp³-hybridized carbons (Fsp3) is 0.0870. The third-order valence-electron chi connectivity index (χ3n) is 5.02. The molecule has 0 unspecified atom stereocenters. The first-order valence-electron chi connectivity index (χ1n) is 9.61. The summed E-state index contributed by atoms with van der Waals surface area (Å²) >= 11 is 0. The van der Waals surface area contributed by atoms with Gasteiger partial charge in [-0.05, 0) is 49.2 Å². The van der Waals surface area contributed by atoms with Crippen molar-refractivity contribution < 1.29 is 9.26 Å². The molecule has 31 heavy (non-hydrogen) atoms. The van der Waals surface area contributed by atoms with Gasteiger partial charge in [0.25, 0.3) is 11.4 Å². The second kappa shape index (κ2) is 7.49. The van der Waals surface area contributed by atoms with Gasteiger partial charge in [0.1, 0.15) is 5.75 Å². The van der Waals surface area contributed by atoms with Gasteiger partial charge in [0.05, 0.1) is 5.39 Å². The molecule has 0 atom stereocenters. The first kappa shape index (κ1) is 18.7. The average Bonchev–Trinajstić information content (AvgIpc) is 3.27. The number of nitrogens with one attached hydrogen (secondary N) is 1. The summed E-state index contributed by atoms with van der Waals surface area (Å²) in [7, 11) is 0. The first-order valence-corrected chi connectivity index (χ1v) is 9.61. The molecule has 5 aromatic rings. The van der Waals surface area contributed by atoms with E-state index >= 15 is 0 Å². The molecule has 8 nitrogen and oxygen atoms in total. The number of nitrogens with zero attached hydrogens (tertiary/aromatic N) is 4. The van der Waals surface area contributed by atoms with Crippen LogP contribution in [-0.2, 0) is 0 Å². The van der Waals surface area contributed by atoms with E-state index in [2.05, 4.69) is 25.3 Å². The molecule has 0 aliphatic carbocycles. The van der Waals surface area contributed by atoms with Crippen LogP contribution in [-0.4, -0.2) is 25.3 Å². The highest BCUT2D eigenvalue weighted by atomic mass is 16.5. The lowest BCUT2D eigenvalue weighted by atomic mass is 10.1. The molecule has 3 aromatic heterocycles. The molecular weight excluding hydrogens is 394 g/mol. The Morgan fingerprint density at radius 3 is 2.65 bits per heavy atom. The molecule has 0 spiro atoms. The van der Waals surface area contributed by atoms with Crippen molar-refractivity contribution >= 4 is 10.8 Å². The normalized spacial score (nSPS) is 11.0. The van der Waals surface area contributed by atoms with Crippen LogP contribution in [0.4, 0.5) is 0 Å². The number of benzene rings is 2. The fourth-order valence-corrected chi connectivity index (χ4v) is 3.22. The van der Waals surface area contributed by atoms with Crippen molar-refractivity contribution in [3.8, 4) is 34.6 Å². The van der Waals surface area contributed by atoms with Gasteiger partial charge in [0.2, 0.25) is 11.7 Å². The standard InChI is InChI=1S/C23H17N5O3/c1-13-7-8-16(11-14(13)2)30-19-12-15(9-10-24-19)21-25-23(31-28-21)20-17-5-3-4-6-18(17)22(29)27-26-20/h3-12H,1-2H3,(H,27,29). The summed E-state index contributed by atoms with van der Waals surface area (Å²) in [6, 6.07) is 16.5. The SMILES string of the molecule is Cc1ccc(Oc2cc(-c3noc(-c4n[nH]c(=O)c5ccccc45)n3)ccn2)cc1C. The van der Waals surface area contributed by atoms with Crippen LogP contribution >= 0.6 is 0 Å². The van der Waals surface area contributed by atoms with E-state index in [-0.39, 0.29) is 11.4 Å². The fourth-order valence-electron chi connectivity index (χ4n) is 3.22. The minimum atomic E-state index is -0.277. The van der Waals surface area contributed by atoms with Gasteiger partial charge in [-0.15, -0.1) is 0 Å². The molecule has 3 heterocycles. The Morgan fingerprint density at radius 2 is 1.81 bits per heavy atom. The number of fused-ring (bicyclic) bond motifs is 1. The third kappa shape index (κ3) is 3.55. The zero-order valence-corrected chi connectivity index (χ0v) is 16.8. The quantitative estimate of drug-likeness (QED) is 0.466. The summed E-state index contributed by atoms with van der Waals surface area (Å²) in [6.07, 6.45) is 1.62. The summed E-state index contributed by atoms with van der Waals surface area (Å²) < 4.78 is 11.3. The summed E-state index contributed by atoms with van der Waals surface area (Å²) in [5.41, 5.74) is 3.14. The van der Waals surface area contributed by atoms with E-state index in [1.807, 2.05) is 38.1 Å². The number of hydrogen-bond donors (Lipinski definition) is 1. The van der Waals surface area contributed by atoms with E-state index in [0.717, 1.165) is 5.56 Å². The molecule has 0 radical (unpaired) electrons. The average molecular weight is 411 g/mol. The van der Waals surface area contributed by atoms with Crippen molar-refractivity contribution in [2.45, 2.75) is 13.8 Å². The zero-order chi connectivity index (χ0) is 21.4. The highest BCUT2D eigenvalue weighted by molar-refractivity contribution is 5.91. The molecule has 1 N–H and O–H groups in total. The number of aromatic amines is 1. The lowest BCUT2D eigenvalue weighted by Gasteiger charge is -2.07. The van der Waals surface area contributed by atoms with Gasteiger partial charge in [0.15, 0.2) is 5.69 Å². The maximum atomic E-state index is 12.0. The van der Waals surface area contributed by atoms with Gasteiger partial charge >= 0.3 is 0 Å². The molecule has 0 fully saturated rings. The van der Waals surface area contributed by atoms with Gasteiger partial charge < -0.3 is 9.26 Å². The Bertz CT molecular complexity index is 1470.